The predicted octanol–water partition coefficient (Wildman–Crippen LogP) is 1.40. The first-order valence-corrected chi connectivity index (χ1v) is 5.02. The van der Waals surface area contributed by atoms with Crippen LogP contribution in [0.5, 0.6) is 0 Å². The largest absolute Gasteiger partial charge is 0.396 e. The number of anilines is 2. The first kappa shape index (κ1) is 11.8. The Morgan fingerprint density at radius 2 is 2.20 bits per heavy atom. The van der Waals surface area contributed by atoms with Gasteiger partial charge in [0.25, 0.3) is 0 Å². The van der Waals surface area contributed by atoms with Crippen molar-refractivity contribution in [3.63, 3.8) is 0 Å². The number of hydrogen-bond acceptors (Lipinski definition) is 4. The van der Waals surface area contributed by atoms with E-state index in [0.29, 0.717) is 18.1 Å². The molecule has 15 heavy (non-hydrogen) atoms. The van der Waals surface area contributed by atoms with E-state index in [2.05, 4.69) is 10.3 Å². The van der Waals surface area contributed by atoms with E-state index in [9.17, 15) is 0 Å². The summed E-state index contributed by atoms with van der Waals surface area (Å²) in [5.41, 5.74) is 7.38. The minimum atomic E-state index is -0.169. The maximum atomic E-state index is 9.10. The van der Waals surface area contributed by atoms with E-state index in [0.717, 1.165) is 5.56 Å². The van der Waals surface area contributed by atoms with Crippen molar-refractivity contribution in [1.82, 2.24) is 4.98 Å². The summed E-state index contributed by atoms with van der Waals surface area (Å²) in [6, 6.07) is 1.87. The number of aromatic nitrogens is 1. The fourth-order valence-corrected chi connectivity index (χ4v) is 1.09. The van der Waals surface area contributed by atoms with E-state index in [1.165, 1.54) is 0 Å². The lowest BCUT2D eigenvalue weighted by Crippen LogP contribution is -2.27. The molecule has 0 bridgehead atoms. The molecule has 1 heterocycles. The number of nitrogens with one attached hydrogen (secondary N) is 1. The molecule has 0 fully saturated rings. The maximum Gasteiger partial charge on any atom is 0.149 e. The Bertz CT molecular complexity index is 337. The summed E-state index contributed by atoms with van der Waals surface area (Å²) in [6.07, 6.45) is 1.72. The van der Waals surface area contributed by atoms with Crippen LogP contribution in [0.25, 0.3) is 0 Å². The van der Waals surface area contributed by atoms with Gasteiger partial charge >= 0.3 is 0 Å². The lowest BCUT2D eigenvalue weighted by atomic mass is 9.95. The highest BCUT2D eigenvalue weighted by Crippen LogP contribution is 2.21. The van der Waals surface area contributed by atoms with Gasteiger partial charge in [-0.25, -0.2) is 4.98 Å². The predicted molar refractivity (Wildman–Crippen MR) is 62.7 cm³/mol. The molecular weight excluding hydrogens is 190 g/mol. The van der Waals surface area contributed by atoms with Crippen molar-refractivity contribution >= 4 is 11.5 Å². The van der Waals surface area contributed by atoms with Crippen LogP contribution in [0, 0.1) is 12.3 Å². The van der Waals surface area contributed by atoms with Gasteiger partial charge < -0.3 is 16.2 Å². The Morgan fingerprint density at radius 1 is 1.53 bits per heavy atom. The van der Waals surface area contributed by atoms with E-state index >= 15 is 0 Å². The zero-order valence-electron chi connectivity index (χ0n) is 9.54. The molecule has 0 saturated heterocycles. The smallest absolute Gasteiger partial charge is 0.149 e. The van der Waals surface area contributed by atoms with Crippen LogP contribution in [0.15, 0.2) is 12.3 Å². The Balaban J connectivity index is 2.70. The van der Waals surface area contributed by atoms with E-state index in [1.54, 1.807) is 6.20 Å². The maximum absolute atomic E-state index is 9.10. The Hall–Kier alpha value is -1.29. The van der Waals surface area contributed by atoms with E-state index in [1.807, 2.05) is 26.8 Å². The lowest BCUT2D eigenvalue weighted by molar-refractivity contribution is 0.171. The fourth-order valence-electron chi connectivity index (χ4n) is 1.09. The van der Waals surface area contributed by atoms with Gasteiger partial charge in [0.1, 0.15) is 5.82 Å². The average molecular weight is 209 g/mol. The number of aryl methyl sites for hydroxylation is 1. The van der Waals surface area contributed by atoms with Gasteiger partial charge in [-0.3, -0.25) is 0 Å². The van der Waals surface area contributed by atoms with Crippen LogP contribution in [0.4, 0.5) is 11.5 Å². The Morgan fingerprint density at radius 3 is 2.80 bits per heavy atom. The van der Waals surface area contributed by atoms with Gasteiger partial charge in [0.2, 0.25) is 0 Å². The zero-order chi connectivity index (χ0) is 11.5. The summed E-state index contributed by atoms with van der Waals surface area (Å²) >= 11 is 0. The highest BCUT2D eigenvalue weighted by atomic mass is 16.3. The Labute approximate surface area is 90.5 Å². The third kappa shape index (κ3) is 3.09. The Kier molecular flexibility index (Phi) is 3.52. The molecule has 0 spiro atoms. The van der Waals surface area contributed by atoms with Crippen molar-refractivity contribution in [1.29, 1.82) is 0 Å². The minimum Gasteiger partial charge on any atom is -0.396 e. The molecule has 0 aliphatic rings. The van der Waals surface area contributed by atoms with Crippen LogP contribution >= 0.6 is 0 Å². The molecule has 4 N–H and O–H groups in total. The first-order valence-electron chi connectivity index (χ1n) is 5.02. The second-order valence-electron chi connectivity index (χ2n) is 4.57. The molecule has 84 valence electrons. The van der Waals surface area contributed by atoms with Crippen molar-refractivity contribution < 1.29 is 5.11 Å². The van der Waals surface area contributed by atoms with Crippen LogP contribution in [0.2, 0.25) is 0 Å². The topological polar surface area (TPSA) is 71.2 Å². The van der Waals surface area contributed by atoms with Crippen LogP contribution in [0.3, 0.4) is 0 Å². The van der Waals surface area contributed by atoms with Gasteiger partial charge in [0.05, 0.1) is 5.69 Å². The van der Waals surface area contributed by atoms with Crippen molar-refractivity contribution in [2.75, 3.05) is 24.2 Å². The number of hydrogen-bond donors (Lipinski definition) is 3. The molecule has 4 nitrogen and oxygen atoms in total. The summed E-state index contributed by atoms with van der Waals surface area (Å²) in [6.45, 7) is 6.67. The molecule has 0 radical (unpaired) electrons. The van der Waals surface area contributed by atoms with Gasteiger partial charge in [-0.05, 0) is 18.6 Å². The number of nitrogen functional groups attached to an aromatic ring is 1. The molecule has 0 unspecified atom stereocenters. The van der Waals surface area contributed by atoms with Crippen molar-refractivity contribution in [2.24, 2.45) is 5.41 Å². The monoisotopic (exact) mass is 209 g/mol. The van der Waals surface area contributed by atoms with Crippen LogP contribution in [-0.4, -0.2) is 23.2 Å². The molecule has 4 heteroatoms. The number of nitrogens with zero attached hydrogens (tertiary/aromatic N) is 1. The van der Waals surface area contributed by atoms with Gasteiger partial charge in [0.15, 0.2) is 0 Å². The highest BCUT2D eigenvalue weighted by molar-refractivity contribution is 5.64. The van der Waals surface area contributed by atoms with Gasteiger partial charge in [-0.2, -0.15) is 0 Å². The number of pyridine rings is 1. The van der Waals surface area contributed by atoms with Crippen LogP contribution in [-0.2, 0) is 0 Å². The van der Waals surface area contributed by atoms with Gasteiger partial charge in [-0.15, -0.1) is 0 Å². The fraction of sp³-hybridized carbons (Fsp3) is 0.545. The van der Waals surface area contributed by atoms with E-state index in [-0.39, 0.29) is 12.0 Å². The standard InChI is InChI=1S/C11H19N3O/c1-8-4-5-13-10(9(8)12)14-6-11(2,3)7-15/h4-5,15H,6-7,12H2,1-3H3,(H,13,14). The van der Waals surface area contributed by atoms with Crippen LogP contribution in [0.1, 0.15) is 19.4 Å². The van der Waals surface area contributed by atoms with Crippen LogP contribution < -0.4 is 11.1 Å². The molecule has 1 aromatic heterocycles. The number of nitrogens with two attached hydrogens (primary N) is 1. The molecule has 0 saturated carbocycles. The SMILES string of the molecule is Cc1ccnc(NCC(C)(C)CO)c1N. The highest BCUT2D eigenvalue weighted by Gasteiger charge is 2.16. The van der Waals surface area contributed by atoms with Gasteiger partial charge in [-0.1, -0.05) is 13.8 Å². The number of aliphatic hydroxyl groups is 1. The molecule has 0 aromatic carbocycles. The minimum absolute atomic E-state index is 0.131. The zero-order valence-corrected chi connectivity index (χ0v) is 9.54. The van der Waals surface area contributed by atoms with Crippen molar-refractivity contribution in [2.45, 2.75) is 20.8 Å². The third-order valence-electron chi connectivity index (χ3n) is 2.37. The van der Waals surface area contributed by atoms with Crippen molar-refractivity contribution in [3.05, 3.63) is 17.8 Å². The lowest BCUT2D eigenvalue weighted by Gasteiger charge is -2.22. The van der Waals surface area contributed by atoms with Crippen molar-refractivity contribution in [3.8, 4) is 0 Å². The summed E-state index contributed by atoms with van der Waals surface area (Å²) in [4.78, 5) is 4.16. The second-order valence-corrected chi connectivity index (χ2v) is 4.57. The first-order chi connectivity index (χ1) is 6.96. The summed E-state index contributed by atoms with van der Waals surface area (Å²) in [7, 11) is 0. The second kappa shape index (κ2) is 4.49. The summed E-state index contributed by atoms with van der Waals surface area (Å²) in [5.74, 6) is 0.691. The number of rotatable bonds is 4. The molecule has 1 rings (SSSR count). The molecule has 0 atom stereocenters. The summed E-state index contributed by atoms with van der Waals surface area (Å²) in [5, 5.41) is 12.3. The van der Waals surface area contributed by atoms with E-state index in [4.69, 9.17) is 10.8 Å². The third-order valence-corrected chi connectivity index (χ3v) is 2.37. The molecule has 0 aliphatic heterocycles. The average Bonchev–Trinajstić information content (AvgIpc) is 2.20. The molecule has 1 aromatic rings. The van der Waals surface area contributed by atoms with E-state index < -0.39 is 0 Å². The van der Waals surface area contributed by atoms with Gasteiger partial charge in [0, 0.05) is 24.8 Å². The summed E-state index contributed by atoms with van der Waals surface area (Å²) < 4.78 is 0. The molecule has 0 aliphatic carbocycles. The quantitative estimate of drug-likeness (QED) is 0.701. The normalized spacial score (nSPS) is 11.5. The molecular formula is C11H19N3O. The number of aliphatic hydroxyl groups excluding tert-OH is 1. The molecule has 0 amide bonds.